The number of hydrogen-bond acceptors (Lipinski definition) is 7. The summed E-state index contributed by atoms with van der Waals surface area (Å²) in [6.07, 6.45) is 0. The van der Waals surface area contributed by atoms with E-state index < -0.39 is 5.25 Å². The van der Waals surface area contributed by atoms with Crippen LogP contribution in [0.2, 0.25) is 5.02 Å². The molecule has 0 aliphatic rings. The number of ether oxygens (including phenoxy) is 2. The summed E-state index contributed by atoms with van der Waals surface area (Å²) in [7, 11) is 1.52. The van der Waals surface area contributed by atoms with Crippen LogP contribution in [0.25, 0.3) is 0 Å². The molecule has 3 N–H and O–H groups in total. The Balaban J connectivity index is 1.66. The van der Waals surface area contributed by atoms with Crippen LogP contribution in [0.4, 0.5) is 5.69 Å². The molecule has 1 unspecified atom stereocenters. The van der Waals surface area contributed by atoms with Crippen LogP contribution in [0, 0.1) is 20.8 Å². The number of nitrogens with two attached hydrogens (primary N) is 1. The maximum absolute atomic E-state index is 12.7. The third-order valence-corrected chi connectivity index (χ3v) is 6.34. The molecule has 0 radical (unpaired) electrons. The van der Waals surface area contributed by atoms with E-state index in [0.29, 0.717) is 27.4 Å². The average molecular weight is 476 g/mol. The maximum Gasteiger partial charge on any atom is 0.237 e. The largest absolute Gasteiger partial charge is 0.495 e. The molecule has 3 aromatic rings. The van der Waals surface area contributed by atoms with Crippen molar-refractivity contribution in [3.63, 3.8) is 0 Å². The number of nitrogen functional groups attached to an aromatic ring is 1. The molecule has 0 aliphatic carbocycles. The van der Waals surface area contributed by atoms with Gasteiger partial charge in [0.05, 0.1) is 18.0 Å². The fourth-order valence-corrected chi connectivity index (χ4v) is 3.97. The number of nitrogens with zero attached hydrogens (tertiary/aromatic N) is 3. The number of nitrogens with one attached hydrogen (secondary N) is 1. The fraction of sp³-hybridized carbons (Fsp3) is 0.318. The van der Waals surface area contributed by atoms with Gasteiger partial charge in [0.1, 0.15) is 18.1 Å². The van der Waals surface area contributed by atoms with Crippen molar-refractivity contribution in [3.8, 4) is 11.5 Å². The highest BCUT2D eigenvalue weighted by molar-refractivity contribution is 8.00. The molecule has 2 aromatic carbocycles. The second-order valence-corrected chi connectivity index (χ2v) is 9.04. The van der Waals surface area contributed by atoms with Crippen LogP contribution >= 0.6 is 23.4 Å². The number of aromatic nitrogens is 3. The Morgan fingerprint density at radius 2 is 1.91 bits per heavy atom. The van der Waals surface area contributed by atoms with E-state index in [1.54, 1.807) is 19.1 Å². The molecule has 0 aliphatic heterocycles. The lowest BCUT2D eigenvalue weighted by Gasteiger charge is -2.15. The van der Waals surface area contributed by atoms with Crippen molar-refractivity contribution in [1.29, 1.82) is 0 Å². The highest BCUT2D eigenvalue weighted by Crippen LogP contribution is 2.32. The van der Waals surface area contributed by atoms with Gasteiger partial charge in [-0.2, -0.15) is 0 Å². The molecule has 1 amide bonds. The summed E-state index contributed by atoms with van der Waals surface area (Å²) in [5.74, 6) is 7.66. The topological polar surface area (TPSA) is 104 Å². The smallest absolute Gasteiger partial charge is 0.237 e. The number of carbonyl (C=O) groups is 1. The van der Waals surface area contributed by atoms with Crippen LogP contribution in [-0.2, 0) is 11.4 Å². The van der Waals surface area contributed by atoms with Crippen LogP contribution in [0.1, 0.15) is 29.4 Å². The van der Waals surface area contributed by atoms with Gasteiger partial charge in [-0.3, -0.25) is 4.79 Å². The molecule has 1 aromatic heterocycles. The number of thioether (sulfide) groups is 1. The zero-order valence-electron chi connectivity index (χ0n) is 18.6. The first-order valence-electron chi connectivity index (χ1n) is 9.91. The first-order valence-corrected chi connectivity index (χ1v) is 11.2. The predicted molar refractivity (Wildman–Crippen MR) is 127 cm³/mol. The lowest BCUT2D eigenvalue weighted by Crippen LogP contribution is -2.24. The van der Waals surface area contributed by atoms with Crippen LogP contribution in [0.15, 0.2) is 35.5 Å². The highest BCUT2D eigenvalue weighted by atomic mass is 35.5. The summed E-state index contributed by atoms with van der Waals surface area (Å²) in [6, 6.07) is 9.38. The van der Waals surface area contributed by atoms with Gasteiger partial charge in [0.2, 0.25) is 11.1 Å². The monoisotopic (exact) mass is 475 g/mol. The van der Waals surface area contributed by atoms with Crippen LogP contribution in [-0.4, -0.2) is 33.1 Å². The fourth-order valence-electron chi connectivity index (χ4n) is 3.03. The van der Waals surface area contributed by atoms with Crippen LogP contribution < -0.4 is 20.6 Å². The van der Waals surface area contributed by atoms with Gasteiger partial charge in [-0.05, 0) is 50.5 Å². The highest BCUT2D eigenvalue weighted by Gasteiger charge is 2.21. The maximum atomic E-state index is 12.7. The van der Waals surface area contributed by atoms with Crippen molar-refractivity contribution in [2.75, 3.05) is 18.3 Å². The molecule has 0 fully saturated rings. The van der Waals surface area contributed by atoms with Crippen molar-refractivity contribution < 1.29 is 14.3 Å². The predicted octanol–water partition coefficient (Wildman–Crippen LogP) is 4.28. The summed E-state index contributed by atoms with van der Waals surface area (Å²) in [5.41, 5.74) is 3.43. The molecule has 0 saturated heterocycles. The molecular weight excluding hydrogens is 450 g/mol. The Labute approximate surface area is 196 Å². The van der Waals surface area contributed by atoms with Crippen molar-refractivity contribution in [1.82, 2.24) is 14.9 Å². The van der Waals surface area contributed by atoms with Gasteiger partial charge in [0.25, 0.3) is 0 Å². The first kappa shape index (κ1) is 23.7. The van der Waals surface area contributed by atoms with Gasteiger partial charge >= 0.3 is 0 Å². The van der Waals surface area contributed by atoms with Gasteiger partial charge in [0.15, 0.2) is 5.82 Å². The number of halogens is 1. The Hall–Kier alpha value is -2.91. The molecule has 1 atom stereocenters. The van der Waals surface area contributed by atoms with Gasteiger partial charge in [-0.15, -0.1) is 10.2 Å². The number of rotatable bonds is 8. The number of para-hydroxylation sites is 1. The number of anilines is 1. The second-order valence-electron chi connectivity index (χ2n) is 7.33. The van der Waals surface area contributed by atoms with E-state index in [-0.39, 0.29) is 12.5 Å². The number of carbonyl (C=O) groups excluding carboxylic acids is 1. The van der Waals surface area contributed by atoms with E-state index in [1.165, 1.54) is 23.5 Å². The van der Waals surface area contributed by atoms with E-state index in [2.05, 4.69) is 15.5 Å². The van der Waals surface area contributed by atoms with E-state index in [1.807, 2.05) is 39.0 Å². The average Bonchev–Trinajstić information content (AvgIpc) is 3.09. The number of methoxy groups -OCH3 is 1. The molecule has 1 heterocycles. The zero-order chi connectivity index (χ0) is 23.4. The molecule has 0 bridgehead atoms. The molecule has 170 valence electrons. The molecular formula is C22H26ClN5O3S. The zero-order valence-corrected chi connectivity index (χ0v) is 20.2. The molecule has 0 saturated carbocycles. The van der Waals surface area contributed by atoms with Gasteiger partial charge in [0, 0.05) is 11.1 Å². The van der Waals surface area contributed by atoms with E-state index in [4.69, 9.17) is 26.9 Å². The first-order chi connectivity index (χ1) is 15.2. The Bertz CT molecular complexity index is 1110. The van der Waals surface area contributed by atoms with Crippen molar-refractivity contribution in [3.05, 3.63) is 57.9 Å². The summed E-state index contributed by atoms with van der Waals surface area (Å²) in [6.45, 7) is 7.74. The Morgan fingerprint density at radius 3 is 2.56 bits per heavy atom. The normalized spacial score (nSPS) is 11.8. The quantitative estimate of drug-likeness (QED) is 0.370. The number of hydrogen-bond donors (Lipinski definition) is 2. The minimum atomic E-state index is -0.491. The minimum Gasteiger partial charge on any atom is -0.495 e. The summed E-state index contributed by atoms with van der Waals surface area (Å²) < 4.78 is 12.6. The second kappa shape index (κ2) is 10.1. The van der Waals surface area contributed by atoms with Crippen LogP contribution in [0.3, 0.4) is 0 Å². The lowest BCUT2D eigenvalue weighted by atomic mass is 10.1. The summed E-state index contributed by atoms with van der Waals surface area (Å²) >= 11 is 7.33. The van der Waals surface area contributed by atoms with Gasteiger partial charge < -0.3 is 20.6 Å². The molecule has 10 heteroatoms. The summed E-state index contributed by atoms with van der Waals surface area (Å²) in [4.78, 5) is 12.7. The van der Waals surface area contributed by atoms with Crippen molar-refractivity contribution in [2.45, 2.75) is 44.7 Å². The molecule has 8 nitrogen and oxygen atoms in total. The van der Waals surface area contributed by atoms with E-state index in [9.17, 15) is 4.79 Å². The molecule has 3 rings (SSSR count). The van der Waals surface area contributed by atoms with Crippen molar-refractivity contribution >= 4 is 35.0 Å². The Kier molecular flexibility index (Phi) is 7.52. The number of aryl methyl sites for hydroxylation is 3. The SMILES string of the molecule is COc1cc(Cl)c(C)cc1NC(=O)C(C)Sc1nnc(COc2c(C)cccc2C)n1N. The number of amides is 1. The summed E-state index contributed by atoms with van der Waals surface area (Å²) in [5, 5.41) is 11.6. The lowest BCUT2D eigenvalue weighted by molar-refractivity contribution is -0.115. The van der Waals surface area contributed by atoms with Gasteiger partial charge in [-0.25, -0.2) is 4.68 Å². The molecule has 32 heavy (non-hydrogen) atoms. The standard InChI is InChI=1S/C22H26ClN5O3S/c1-12-7-6-8-13(2)20(12)31-11-19-26-27-22(28(19)24)32-15(4)21(29)25-17-9-14(3)16(23)10-18(17)30-5/h6-10,15H,11,24H2,1-5H3,(H,25,29). The third-order valence-electron chi connectivity index (χ3n) is 4.88. The Morgan fingerprint density at radius 1 is 1.22 bits per heavy atom. The molecule has 0 spiro atoms. The van der Waals surface area contributed by atoms with Crippen LogP contribution in [0.5, 0.6) is 11.5 Å². The minimum absolute atomic E-state index is 0.164. The van der Waals surface area contributed by atoms with Gasteiger partial charge in [-0.1, -0.05) is 41.6 Å². The number of benzene rings is 2. The van der Waals surface area contributed by atoms with E-state index >= 15 is 0 Å². The van der Waals surface area contributed by atoms with Crippen molar-refractivity contribution in [2.24, 2.45) is 0 Å². The third kappa shape index (κ3) is 5.28. The van der Waals surface area contributed by atoms with E-state index in [0.717, 1.165) is 22.4 Å².